The van der Waals surface area contributed by atoms with E-state index in [1.54, 1.807) is 4.52 Å². The van der Waals surface area contributed by atoms with Crippen molar-refractivity contribution in [2.45, 2.75) is 19.1 Å². The van der Waals surface area contributed by atoms with Gasteiger partial charge in [-0.1, -0.05) is 60.3 Å². The van der Waals surface area contributed by atoms with Crippen molar-refractivity contribution in [2.75, 3.05) is 11.1 Å². The molecule has 8 nitrogen and oxygen atoms in total. The largest absolute Gasteiger partial charge is 0.431 e. The number of aryl methyl sites for hydroxylation is 2. The molecule has 0 saturated heterocycles. The Bertz CT molecular complexity index is 1710. The van der Waals surface area contributed by atoms with Gasteiger partial charge in [-0.05, 0) is 37.6 Å². The first-order chi connectivity index (χ1) is 17.1. The molecule has 1 amide bonds. The van der Waals surface area contributed by atoms with Crippen molar-refractivity contribution >= 4 is 50.9 Å². The lowest BCUT2D eigenvalue weighted by atomic mass is 10.1. The number of anilines is 1. The van der Waals surface area contributed by atoms with Crippen molar-refractivity contribution < 1.29 is 9.21 Å². The van der Waals surface area contributed by atoms with Crippen LogP contribution in [-0.4, -0.2) is 36.5 Å². The molecule has 0 atom stereocenters. The number of nitrogens with one attached hydrogen (secondary N) is 1. The second kappa shape index (κ2) is 8.52. The Balaban J connectivity index is 1.26. The smallest absolute Gasteiger partial charge is 0.257 e. The number of carbonyl (C=O) groups is 1. The van der Waals surface area contributed by atoms with Gasteiger partial charge >= 0.3 is 0 Å². The Labute approximate surface area is 204 Å². The molecule has 3 heterocycles. The van der Waals surface area contributed by atoms with Crippen LogP contribution >= 0.6 is 11.8 Å². The summed E-state index contributed by atoms with van der Waals surface area (Å²) in [7, 11) is 0. The predicted octanol–water partition coefficient (Wildman–Crippen LogP) is 5.43. The number of hydrogen-bond donors (Lipinski definition) is 1. The molecule has 0 spiro atoms. The zero-order valence-electron chi connectivity index (χ0n) is 19.0. The minimum absolute atomic E-state index is 0.149. The van der Waals surface area contributed by atoms with E-state index in [9.17, 15) is 4.79 Å². The Morgan fingerprint density at radius 3 is 2.66 bits per heavy atom. The summed E-state index contributed by atoms with van der Waals surface area (Å²) in [6, 6.07) is 21.4. The van der Waals surface area contributed by atoms with Gasteiger partial charge in [0.25, 0.3) is 5.22 Å². The third-order valence-electron chi connectivity index (χ3n) is 5.82. The fourth-order valence-electron chi connectivity index (χ4n) is 4.04. The molecule has 3 aromatic carbocycles. The number of carbonyl (C=O) groups excluding carboxylic acids is 1. The van der Waals surface area contributed by atoms with E-state index in [4.69, 9.17) is 9.52 Å². The summed E-state index contributed by atoms with van der Waals surface area (Å²) < 4.78 is 7.45. The quantitative estimate of drug-likeness (QED) is 0.328. The third-order valence-corrected chi connectivity index (χ3v) is 6.65. The number of oxazole rings is 1. The minimum Gasteiger partial charge on any atom is -0.431 e. The lowest BCUT2D eigenvalue weighted by molar-refractivity contribution is -0.113. The second-order valence-electron chi connectivity index (χ2n) is 8.20. The average molecular weight is 481 g/mol. The maximum Gasteiger partial charge on any atom is 0.257 e. The summed E-state index contributed by atoms with van der Waals surface area (Å²) in [5.41, 5.74) is 5.53. The molecule has 172 valence electrons. The van der Waals surface area contributed by atoms with Crippen molar-refractivity contribution in [1.29, 1.82) is 0 Å². The van der Waals surface area contributed by atoms with Crippen LogP contribution in [0.3, 0.4) is 0 Å². The molecule has 0 aliphatic heterocycles. The molecule has 0 fully saturated rings. The van der Waals surface area contributed by atoms with Gasteiger partial charge in [0.15, 0.2) is 17.1 Å². The van der Waals surface area contributed by atoms with Crippen molar-refractivity contribution in [3.05, 3.63) is 78.0 Å². The number of hydrogen-bond acceptors (Lipinski definition) is 7. The Kier molecular flexibility index (Phi) is 5.18. The van der Waals surface area contributed by atoms with Gasteiger partial charge in [-0.3, -0.25) is 4.79 Å². The van der Waals surface area contributed by atoms with Crippen molar-refractivity contribution in [1.82, 2.24) is 24.8 Å². The van der Waals surface area contributed by atoms with E-state index in [0.29, 0.717) is 28.0 Å². The van der Waals surface area contributed by atoms with Crippen molar-refractivity contribution in [3.8, 4) is 11.4 Å². The topological polar surface area (TPSA) is 98.2 Å². The van der Waals surface area contributed by atoms with E-state index in [-0.39, 0.29) is 11.7 Å². The zero-order valence-corrected chi connectivity index (χ0v) is 19.8. The van der Waals surface area contributed by atoms with Crippen molar-refractivity contribution in [3.63, 3.8) is 0 Å². The maximum atomic E-state index is 12.7. The van der Waals surface area contributed by atoms with Gasteiger partial charge in [-0.2, -0.15) is 9.61 Å². The molecule has 35 heavy (non-hydrogen) atoms. The molecule has 9 heteroatoms. The van der Waals surface area contributed by atoms with Crippen LogP contribution in [0.4, 0.5) is 5.69 Å². The van der Waals surface area contributed by atoms with E-state index < -0.39 is 0 Å². The Hall–Kier alpha value is -4.24. The highest BCUT2D eigenvalue weighted by molar-refractivity contribution is 7.99. The Morgan fingerprint density at radius 1 is 1.00 bits per heavy atom. The monoisotopic (exact) mass is 480 g/mol. The first-order valence-electron chi connectivity index (χ1n) is 11.1. The summed E-state index contributed by atoms with van der Waals surface area (Å²) in [5.74, 6) is 0.644. The van der Waals surface area contributed by atoms with Gasteiger partial charge < -0.3 is 9.73 Å². The van der Waals surface area contributed by atoms with Gasteiger partial charge in [0.05, 0.1) is 11.4 Å². The molecule has 0 unspecified atom stereocenters. The standard InChI is InChI=1S/C26H20N6O2S/c1-15-11-12-17(24-29-30-25-19-8-4-3-7-18(19)16(2)31-32(24)25)13-21(15)27-23(33)14-35-26-28-20-9-5-6-10-22(20)34-26/h3-13H,14H2,1-2H3,(H,27,33). The third kappa shape index (κ3) is 3.89. The zero-order chi connectivity index (χ0) is 23.9. The first-order valence-corrected chi connectivity index (χ1v) is 12.1. The number of thioether (sulfide) groups is 1. The summed E-state index contributed by atoms with van der Waals surface area (Å²) >= 11 is 1.26. The minimum atomic E-state index is -0.149. The van der Waals surface area contributed by atoms with Crippen LogP contribution in [0.25, 0.3) is 38.9 Å². The summed E-state index contributed by atoms with van der Waals surface area (Å²) in [6.07, 6.45) is 0. The summed E-state index contributed by atoms with van der Waals surface area (Å²) in [6.45, 7) is 3.92. The number of nitrogens with zero attached hydrogens (tertiary/aromatic N) is 5. The van der Waals surface area contributed by atoms with Crippen LogP contribution < -0.4 is 5.32 Å². The lowest BCUT2D eigenvalue weighted by Crippen LogP contribution is -2.15. The summed E-state index contributed by atoms with van der Waals surface area (Å²) in [5, 5.41) is 19.0. The van der Waals surface area contributed by atoms with Gasteiger partial charge in [0.1, 0.15) is 5.52 Å². The molecule has 0 aliphatic rings. The van der Waals surface area contributed by atoms with E-state index in [1.807, 2.05) is 80.6 Å². The second-order valence-corrected chi connectivity index (χ2v) is 9.13. The molecular weight excluding hydrogens is 460 g/mol. The van der Waals surface area contributed by atoms with Gasteiger partial charge in [-0.25, -0.2) is 4.98 Å². The first kappa shape index (κ1) is 21.3. The highest BCUT2D eigenvalue weighted by atomic mass is 32.2. The van der Waals surface area contributed by atoms with Crippen LogP contribution in [0, 0.1) is 13.8 Å². The molecule has 0 bridgehead atoms. The van der Waals surface area contributed by atoms with E-state index in [0.717, 1.165) is 33.1 Å². The highest BCUT2D eigenvalue weighted by Gasteiger charge is 2.16. The average Bonchev–Trinajstić information content (AvgIpc) is 3.48. The van der Waals surface area contributed by atoms with Crippen LogP contribution in [0.2, 0.25) is 0 Å². The fourth-order valence-corrected chi connectivity index (χ4v) is 4.68. The number of benzene rings is 3. The van der Waals surface area contributed by atoms with E-state index in [2.05, 4.69) is 20.5 Å². The van der Waals surface area contributed by atoms with Crippen LogP contribution in [0.1, 0.15) is 11.3 Å². The number of fused-ring (bicyclic) bond motifs is 4. The molecule has 0 saturated carbocycles. The number of para-hydroxylation sites is 2. The van der Waals surface area contributed by atoms with Gasteiger partial charge in [0, 0.05) is 22.0 Å². The highest BCUT2D eigenvalue weighted by Crippen LogP contribution is 2.28. The number of amides is 1. The SMILES string of the molecule is Cc1ccc(-c2nnc3c4ccccc4c(C)nn23)cc1NC(=O)CSc1nc2ccccc2o1. The molecule has 0 radical (unpaired) electrons. The van der Waals surface area contributed by atoms with Gasteiger partial charge in [0.2, 0.25) is 5.91 Å². The summed E-state index contributed by atoms with van der Waals surface area (Å²) in [4.78, 5) is 17.1. The predicted molar refractivity (Wildman–Crippen MR) is 137 cm³/mol. The maximum absolute atomic E-state index is 12.7. The number of aromatic nitrogens is 5. The molecule has 1 N–H and O–H groups in total. The van der Waals surface area contributed by atoms with Crippen LogP contribution in [0.5, 0.6) is 0 Å². The van der Waals surface area contributed by atoms with Crippen LogP contribution in [-0.2, 0) is 4.79 Å². The lowest BCUT2D eigenvalue weighted by Gasteiger charge is -2.10. The molecule has 6 aromatic rings. The van der Waals surface area contributed by atoms with Crippen LogP contribution in [0.15, 0.2) is 76.4 Å². The normalized spacial score (nSPS) is 11.5. The number of rotatable bonds is 5. The molecule has 3 aromatic heterocycles. The van der Waals surface area contributed by atoms with Gasteiger partial charge in [-0.15, -0.1) is 10.2 Å². The van der Waals surface area contributed by atoms with Crippen molar-refractivity contribution in [2.24, 2.45) is 0 Å². The fraction of sp³-hybridized carbons (Fsp3) is 0.115. The van der Waals surface area contributed by atoms with E-state index >= 15 is 0 Å². The Morgan fingerprint density at radius 2 is 1.80 bits per heavy atom. The molecular formula is C26H20N6O2S. The molecule has 6 rings (SSSR count). The molecule has 0 aliphatic carbocycles. The van der Waals surface area contributed by atoms with E-state index in [1.165, 1.54) is 11.8 Å².